The van der Waals surface area contributed by atoms with E-state index >= 15 is 0 Å². The van der Waals surface area contributed by atoms with Gasteiger partial charge in [-0.05, 0) is 63.0 Å². The van der Waals surface area contributed by atoms with Gasteiger partial charge in [-0.25, -0.2) is 0 Å². The van der Waals surface area contributed by atoms with Crippen molar-refractivity contribution in [1.29, 1.82) is 0 Å². The van der Waals surface area contributed by atoms with E-state index in [9.17, 15) is 0 Å². The molecule has 1 aliphatic heterocycles. The molecule has 0 saturated carbocycles. The van der Waals surface area contributed by atoms with Crippen LogP contribution in [0.15, 0.2) is 29.2 Å². The van der Waals surface area contributed by atoms with Crippen molar-refractivity contribution in [3.63, 3.8) is 0 Å². The predicted octanol–water partition coefficient (Wildman–Crippen LogP) is 3.18. The maximum Gasteiger partial charge on any atom is 0.119 e. The van der Waals surface area contributed by atoms with E-state index in [0.717, 1.165) is 18.3 Å². The second-order valence-corrected chi connectivity index (χ2v) is 5.50. The number of ether oxygens (including phenoxy) is 1. The summed E-state index contributed by atoms with van der Waals surface area (Å²) >= 11 is 1.97. The second-order valence-electron chi connectivity index (χ2n) is 4.41. The maximum absolute atomic E-state index is 5.44. The summed E-state index contributed by atoms with van der Waals surface area (Å²) in [6.07, 6.45) is 2.65. The average Bonchev–Trinajstić information content (AvgIpc) is 2.40. The largest absolute Gasteiger partial charge is 0.494 e. The molecule has 1 heterocycles. The molecule has 0 unspecified atom stereocenters. The average molecular weight is 251 g/mol. The molecule has 17 heavy (non-hydrogen) atoms. The quantitative estimate of drug-likeness (QED) is 0.812. The molecule has 0 bridgehead atoms. The third-order valence-electron chi connectivity index (χ3n) is 3.08. The molecule has 0 amide bonds. The molecule has 2 nitrogen and oxygen atoms in total. The highest BCUT2D eigenvalue weighted by molar-refractivity contribution is 7.99. The lowest BCUT2D eigenvalue weighted by Gasteiger charge is -2.22. The zero-order valence-electron chi connectivity index (χ0n) is 10.4. The van der Waals surface area contributed by atoms with Crippen molar-refractivity contribution in [3.05, 3.63) is 24.3 Å². The van der Waals surface area contributed by atoms with Gasteiger partial charge in [0.2, 0.25) is 0 Å². The number of benzene rings is 1. The minimum Gasteiger partial charge on any atom is -0.494 e. The van der Waals surface area contributed by atoms with Crippen LogP contribution in [0.3, 0.4) is 0 Å². The second kappa shape index (κ2) is 6.92. The Balaban J connectivity index is 1.77. The molecule has 3 heteroatoms. The van der Waals surface area contributed by atoms with Crippen molar-refractivity contribution in [1.82, 2.24) is 5.32 Å². The van der Waals surface area contributed by atoms with Gasteiger partial charge in [0.05, 0.1) is 6.61 Å². The molecular weight excluding hydrogens is 230 g/mol. The molecule has 1 fully saturated rings. The van der Waals surface area contributed by atoms with Gasteiger partial charge in [-0.15, -0.1) is 11.8 Å². The van der Waals surface area contributed by atoms with E-state index in [1.165, 1.54) is 36.6 Å². The van der Waals surface area contributed by atoms with Crippen LogP contribution >= 0.6 is 11.8 Å². The zero-order valence-corrected chi connectivity index (χ0v) is 11.3. The van der Waals surface area contributed by atoms with Crippen LogP contribution in [0.2, 0.25) is 0 Å². The van der Waals surface area contributed by atoms with Gasteiger partial charge >= 0.3 is 0 Å². The van der Waals surface area contributed by atoms with E-state index in [0.29, 0.717) is 0 Å². The summed E-state index contributed by atoms with van der Waals surface area (Å²) in [7, 11) is 0. The summed E-state index contributed by atoms with van der Waals surface area (Å²) in [6.45, 7) is 5.13. The fourth-order valence-corrected chi connectivity index (χ4v) is 3.15. The van der Waals surface area contributed by atoms with Gasteiger partial charge < -0.3 is 10.1 Å². The highest BCUT2D eigenvalue weighted by Gasteiger charge is 2.12. The molecule has 1 N–H and O–H groups in total. The van der Waals surface area contributed by atoms with Gasteiger partial charge in [0.1, 0.15) is 5.75 Å². The highest BCUT2D eigenvalue weighted by Crippen LogP contribution is 2.26. The van der Waals surface area contributed by atoms with E-state index in [1.54, 1.807) is 0 Å². The SMILES string of the molecule is CCOc1ccc(SCC2CCNCC2)cc1. The first-order valence-corrected chi connectivity index (χ1v) is 7.43. The van der Waals surface area contributed by atoms with Crippen LogP contribution in [0, 0.1) is 5.92 Å². The predicted molar refractivity (Wildman–Crippen MR) is 73.9 cm³/mol. The summed E-state index contributed by atoms with van der Waals surface area (Å²) in [5.41, 5.74) is 0. The van der Waals surface area contributed by atoms with Gasteiger partial charge in [0.25, 0.3) is 0 Å². The van der Waals surface area contributed by atoms with Crippen molar-refractivity contribution >= 4 is 11.8 Å². The van der Waals surface area contributed by atoms with E-state index in [1.807, 2.05) is 18.7 Å². The summed E-state index contributed by atoms with van der Waals surface area (Å²) in [4.78, 5) is 1.35. The molecule has 0 atom stereocenters. The lowest BCUT2D eigenvalue weighted by Crippen LogP contribution is -2.28. The van der Waals surface area contributed by atoms with Gasteiger partial charge in [-0.3, -0.25) is 0 Å². The number of hydrogen-bond donors (Lipinski definition) is 1. The first-order chi connectivity index (χ1) is 8.38. The Labute approximate surface area is 108 Å². The number of thioether (sulfide) groups is 1. The zero-order chi connectivity index (χ0) is 11.9. The van der Waals surface area contributed by atoms with Gasteiger partial charge in [0, 0.05) is 10.6 Å². The van der Waals surface area contributed by atoms with E-state index < -0.39 is 0 Å². The lowest BCUT2D eigenvalue weighted by molar-refractivity contribution is 0.340. The molecule has 0 aromatic heterocycles. The highest BCUT2D eigenvalue weighted by atomic mass is 32.2. The molecule has 1 saturated heterocycles. The summed E-state index contributed by atoms with van der Waals surface area (Å²) < 4.78 is 5.44. The Morgan fingerprint density at radius 1 is 1.24 bits per heavy atom. The number of piperidine rings is 1. The van der Waals surface area contributed by atoms with Crippen LogP contribution in [0.4, 0.5) is 0 Å². The lowest BCUT2D eigenvalue weighted by atomic mass is 10.0. The fourth-order valence-electron chi connectivity index (χ4n) is 2.06. The van der Waals surface area contributed by atoms with Crippen molar-refractivity contribution in [3.8, 4) is 5.75 Å². The van der Waals surface area contributed by atoms with E-state index in [2.05, 4.69) is 29.6 Å². The Kier molecular flexibility index (Phi) is 5.20. The maximum atomic E-state index is 5.44. The fraction of sp³-hybridized carbons (Fsp3) is 0.571. The van der Waals surface area contributed by atoms with E-state index in [-0.39, 0.29) is 0 Å². The van der Waals surface area contributed by atoms with Crippen molar-refractivity contribution in [2.24, 2.45) is 5.92 Å². The first kappa shape index (κ1) is 12.8. The van der Waals surface area contributed by atoms with Gasteiger partial charge in [0.15, 0.2) is 0 Å². The van der Waals surface area contributed by atoms with Gasteiger partial charge in [-0.2, -0.15) is 0 Å². The molecule has 0 aliphatic carbocycles. The minimum absolute atomic E-state index is 0.738. The monoisotopic (exact) mass is 251 g/mol. The van der Waals surface area contributed by atoms with Crippen LogP contribution < -0.4 is 10.1 Å². The first-order valence-electron chi connectivity index (χ1n) is 6.45. The molecule has 94 valence electrons. The van der Waals surface area contributed by atoms with Crippen LogP contribution in [-0.4, -0.2) is 25.4 Å². The number of hydrogen-bond acceptors (Lipinski definition) is 3. The standard InChI is InChI=1S/C14H21NOS/c1-2-16-13-3-5-14(6-4-13)17-11-12-7-9-15-10-8-12/h3-6,12,15H,2,7-11H2,1H3. The molecule has 1 aromatic rings. The van der Waals surface area contributed by atoms with Crippen molar-refractivity contribution in [2.45, 2.75) is 24.7 Å². The minimum atomic E-state index is 0.738. The van der Waals surface area contributed by atoms with Crippen molar-refractivity contribution in [2.75, 3.05) is 25.4 Å². The summed E-state index contributed by atoms with van der Waals surface area (Å²) in [6, 6.07) is 8.45. The number of rotatable bonds is 5. The molecule has 0 spiro atoms. The normalized spacial score (nSPS) is 17.0. The Hall–Kier alpha value is -0.670. The molecule has 2 rings (SSSR count). The van der Waals surface area contributed by atoms with Crippen LogP contribution in [0.25, 0.3) is 0 Å². The molecular formula is C14H21NOS. The third kappa shape index (κ3) is 4.25. The molecule has 1 aromatic carbocycles. The Morgan fingerprint density at radius 3 is 2.59 bits per heavy atom. The number of nitrogens with one attached hydrogen (secondary N) is 1. The molecule has 1 aliphatic rings. The topological polar surface area (TPSA) is 21.3 Å². The Morgan fingerprint density at radius 2 is 1.94 bits per heavy atom. The van der Waals surface area contributed by atoms with Crippen LogP contribution in [0.1, 0.15) is 19.8 Å². The van der Waals surface area contributed by atoms with Crippen molar-refractivity contribution < 1.29 is 4.74 Å². The summed E-state index contributed by atoms with van der Waals surface area (Å²) in [5, 5.41) is 3.41. The summed E-state index contributed by atoms with van der Waals surface area (Å²) in [5.74, 6) is 3.10. The third-order valence-corrected chi connectivity index (χ3v) is 4.32. The van der Waals surface area contributed by atoms with Crippen LogP contribution in [-0.2, 0) is 0 Å². The smallest absolute Gasteiger partial charge is 0.119 e. The van der Waals surface area contributed by atoms with Crippen LogP contribution in [0.5, 0.6) is 5.75 Å². The Bertz CT molecular complexity index is 319. The van der Waals surface area contributed by atoms with Gasteiger partial charge in [-0.1, -0.05) is 0 Å². The molecule has 0 radical (unpaired) electrons. The van der Waals surface area contributed by atoms with E-state index in [4.69, 9.17) is 4.74 Å².